The van der Waals surface area contributed by atoms with Crippen LogP contribution in [0.2, 0.25) is 10.0 Å². The van der Waals surface area contributed by atoms with E-state index in [0.717, 1.165) is 5.56 Å². The van der Waals surface area contributed by atoms with Crippen LogP contribution in [0.3, 0.4) is 0 Å². The van der Waals surface area contributed by atoms with Gasteiger partial charge in [-0.15, -0.1) is 0 Å². The first-order valence-electron chi connectivity index (χ1n) is 6.70. The Labute approximate surface area is 138 Å². The molecule has 5 heteroatoms. The van der Waals surface area contributed by atoms with Crippen molar-refractivity contribution in [2.75, 3.05) is 13.2 Å². The van der Waals surface area contributed by atoms with Gasteiger partial charge < -0.3 is 9.47 Å². The average molecular weight is 335 g/mol. The maximum Gasteiger partial charge on any atom is 0.185 e. The van der Waals surface area contributed by atoms with Gasteiger partial charge in [-0.3, -0.25) is 4.79 Å². The minimum absolute atomic E-state index is 0.122. The number of ether oxygens (including phenoxy) is 2. The Hall–Kier alpha value is -1.97. The summed E-state index contributed by atoms with van der Waals surface area (Å²) in [6, 6.07) is 10.3. The third kappa shape index (κ3) is 3.26. The summed E-state index contributed by atoms with van der Waals surface area (Å²) in [7, 11) is 0. The van der Waals surface area contributed by atoms with Crippen LogP contribution >= 0.6 is 23.2 Å². The Balaban J connectivity index is 1.79. The van der Waals surface area contributed by atoms with E-state index in [1.165, 1.54) is 6.08 Å². The Bertz CT molecular complexity index is 754. The average Bonchev–Trinajstić information content (AvgIpc) is 2.55. The van der Waals surface area contributed by atoms with E-state index in [1.54, 1.807) is 42.5 Å². The molecule has 0 saturated carbocycles. The zero-order valence-corrected chi connectivity index (χ0v) is 13.0. The molecule has 0 saturated heterocycles. The molecule has 22 heavy (non-hydrogen) atoms. The normalized spacial score (nSPS) is 13.4. The highest BCUT2D eigenvalue weighted by Crippen LogP contribution is 2.31. The first-order chi connectivity index (χ1) is 10.6. The number of benzene rings is 2. The predicted molar refractivity (Wildman–Crippen MR) is 87.3 cm³/mol. The zero-order valence-electron chi connectivity index (χ0n) is 11.5. The van der Waals surface area contributed by atoms with E-state index in [4.69, 9.17) is 32.7 Å². The van der Waals surface area contributed by atoms with Gasteiger partial charge in [-0.2, -0.15) is 0 Å². The molecule has 0 N–H and O–H groups in total. The van der Waals surface area contributed by atoms with Crippen molar-refractivity contribution in [2.45, 2.75) is 0 Å². The lowest BCUT2D eigenvalue weighted by atomic mass is 10.1. The number of rotatable bonds is 3. The van der Waals surface area contributed by atoms with E-state index >= 15 is 0 Å². The lowest BCUT2D eigenvalue weighted by Crippen LogP contribution is -2.15. The van der Waals surface area contributed by atoms with Crippen molar-refractivity contribution in [2.24, 2.45) is 0 Å². The summed E-state index contributed by atoms with van der Waals surface area (Å²) >= 11 is 11.8. The van der Waals surface area contributed by atoms with E-state index in [0.29, 0.717) is 40.3 Å². The summed E-state index contributed by atoms with van der Waals surface area (Å²) in [4.78, 5) is 12.2. The van der Waals surface area contributed by atoms with Crippen molar-refractivity contribution in [1.29, 1.82) is 0 Å². The fourth-order valence-electron chi connectivity index (χ4n) is 2.08. The van der Waals surface area contributed by atoms with Gasteiger partial charge in [0.1, 0.15) is 13.2 Å². The highest BCUT2D eigenvalue weighted by molar-refractivity contribution is 6.42. The molecule has 0 radical (unpaired) electrons. The summed E-state index contributed by atoms with van der Waals surface area (Å²) in [6.07, 6.45) is 3.19. The summed E-state index contributed by atoms with van der Waals surface area (Å²) in [5.74, 6) is 1.14. The molecule has 1 aliphatic rings. The van der Waals surface area contributed by atoms with Gasteiger partial charge >= 0.3 is 0 Å². The Kier molecular flexibility index (Phi) is 4.36. The van der Waals surface area contributed by atoms with E-state index in [1.807, 2.05) is 0 Å². The molecule has 0 spiro atoms. The van der Waals surface area contributed by atoms with Crippen LogP contribution in [0, 0.1) is 0 Å². The number of fused-ring (bicyclic) bond motifs is 1. The zero-order chi connectivity index (χ0) is 15.5. The van der Waals surface area contributed by atoms with E-state index in [2.05, 4.69) is 0 Å². The molecule has 0 aromatic heterocycles. The minimum Gasteiger partial charge on any atom is -0.486 e. The second kappa shape index (κ2) is 6.42. The molecule has 0 unspecified atom stereocenters. The van der Waals surface area contributed by atoms with Gasteiger partial charge in [-0.05, 0) is 42.0 Å². The van der Waals surface area contributed by atoms with Crippen LogP contribution in [-0.4, -0.2) is 19.0 Å². The first kappa shape index (κ1) is 14.9. The van der Waals surface area contributed by atoms with Crippen LogP contribution in [0.4, 0.5) is 0 Å². The van der Waals surface area contributed by atoms with Gasteiger partial charge in [-0.1, -0.05) is 35.3 Å². The highest BCUT2D eigenvalue weighted by atomic mass is 35.5. The largest absolute Gasteiger partial charge is 0.486 e. The van der Waals surface area contributed by atoms with Gasteiger partial charge in [0.25, 0.3) is 0 Å². The van der Waals surface area contributed by atoms with Crippen molar-refractivity contribution in [3.8, 4) is 11.5 Å². The number of ketones is 1. The van der Waals surface area contributed by atoms with Gasteiger partial charge in [0.15, 0.2) is 17.3 Å². The summed E-state index contributed by atoms with van der Waals surface area (Å²) in [5, 5.41) is 0.938. The van der Waals surface area contributed by atoms with Crippen LogP contribution in [0.5, 0.6) is 11.5 Å². The van der Waals surface area contributed by atoms with E-state index < -0.39 is 0 Å². The number of hydrogen-bond donors (Lipinski definition) is 0. The molecule has 0 fully saturated rings. The van der Waals surface area contributed by atoms with Crippen molar-refractivity contribution < 1.29 is 14.3 Å². The van der Waals surface area contributed by atoms with Crippen LogP contribution in [0.25, 0.3) is 6.08 Å². The molecule has 0 amide bonds. The van der Waals surface area contributed by atoms with E-state index in [-0.39, 0.29) is 5.78 Å². The summed E-state index contributed by atoms with van der Waals surface area (Å²) in [6.45, 7) is 1.02. The number of halogens is 2. The van der Waals surface area contributed by atoms with Crippen LogP contribution in [0.1, 0.15) is 15.9 Å². The molecule has 1 aliphatic heterocycles. The second-order valence-corrected chi connectivity index (χ2v) is 5.54. The van der Waals surface area contributed by atoms with Gasteiger partial charge in [0.05, 0.1) is 10.0 Å². The smallest absolute Gasteiger partial charge is 0.185 e. The van der Waals surface area contributed by atoms with Crippen LogP contribution in [-0.2, 0) is 0 Å². The quantitative estimate of drug-likeness (QED) is 0.604. The van der Waals surface area contributed by atoms with Crippen LogP contribution < -0.4 is 9.47 Å². The molecule has 112 valence electrons. The molecule has 2 aromatic rings. The molecule has 3 rings (SSSR count). The standard InChI is InChI=1S/C17H12Cl2O3/c18-13-4-1-11(9-14(13)19)2-5-15(20)12-3-6-16-17(10-12)22-8-7-21-16/h1-6,9-10H,7-8H2/b5-2-. The third-order valence-corrected chi connectivity index (χ3v) is 3.94. The van der Waals surface area contributed by atoms with Crippen LogP contribution in [0.15, 0.2) is 42.5 Å². The molecular weight excluding hydrogens is 323 g/mol. The molecule has 0 atom stereocenters. The Morgan fingerprint density at radius 3 is 2.50 bits per heavy atom. The second-order valence-electron chi connectivity index (χ2n) is 4.73. The highest BCUT2D eigenvalue weighted by Gasteiger charge is 2.13. The fraction of sp³-hybridized carbons (Fsp3) is 0.118. The maximum atomic E-state index is 12.2. The lowest BCUT2D eigenvalue weighted by molar-refractivity contribution is 0.104. The third-order valence-electron chi connectivity index (χ3n) is 3.20. The fourth-order valence-corrected chi connectivity index (χ4v) is 2.39. The van der Waals surface area contributed by atoms with Crippen molar-refractivity contribution in [3.63, 3.8) is 0 Å². The molecule has 0 bridgehead atoms. The molecule has 2 aromatic carbocycles. The summed E-state index contributed by atoms with van der Waals surface area (Å²) in [5.41, 5.74) is 1.35. The predicted octanol–water partition coefficient (Wildman–Crippen LogP) is 4.66. The van der Waals surface area contributed by atoms with Crippen molar-refractivity contribution in [1.82, 2.24) is 0 Å². The topological polar surface area (TPSA) is 35.5 Å². The monoisotopic (exact) mass is 334 g/mol. The van der Waals surface area contributed by atoms with Gasteiger partial charge in [0, 0.05) is 5.56 Å². The van der Waals surface area contributed by atoms with Crippen molar-refractivity contribution in [3.05, 3.63) is 63.6 Å². The lowest BCUT2D eigenvalue weighted by Gasteiger charge is -2.18. The first-order valence-corrected chi connectivity index (χ1v) is 7.46. The maximum absolute atomic E-state index is 12.2. The molecule has 3 nitrogen and oxygen atoms in total. The van der Waals surface area contributed by atoms with E-state index in [9.17, 15) is 4.79 Å². The summed E-state index contributed by atoms with van der Waals surface area (Å²) < 4.78 is 10.9. The number of carbonyl (C=O) groups is 1. The molecule has 1 heterocycles. The molecular formula is C17H12Cl2O3. The van der Waals surface area contributed by atoms with Gasteiger partial charge in [0.2, 0.25) is 0 Å². The SMILES string of the molecule is O=C(/C=C\c1ccc(Cl)c(Cl)c1)c1ccc2c(c1)OCCO2. The Morgan fingerprint density at radius 1 is 0.955 bits per heavy atom. The van der Waals surface area contributed by atoms with Crippen molar-refractivity contribution >= 4 is 35.1 Å². The number of carbonyl (C=O) groups excluding carboxylic acids is 1. The number of hydrogen-bond acceptors (Lipinski definition) is 3. The van der Waals surface area contributed by atoms with Gasteiger partial charge in [-0.25, -0.2) is 0 Å². The Morgan fingerprint density at radius 2 is 1.73 bits per heavy atom. The molecule has 0 aliphatic carbocycles. The minimum atomic E-state index is -0.122. The number of allylic oxidation sites excluding steroid dienone is 1.